The van der Waals surface area contributed by atoms with Crippen LogP contribution in [-0.2, 0) is 4.74 Å². The SMILES string of the molecule is CCC(C)N(C)CCNC(=O)Nc1cccc(Cl)c1OCCOC. The minimum atomic E-state index is -0.286. The first-order chi connectivity index (χ1) is 11.5. The van der Waals surface area contributed by atoms with Gasteiger partial charge in [0.05, 0.1) is 17.3 Å². The van der Waals surface area contributed by atoms with Crippen LogP contribution in [0.4, 0.5) is 10.5 Å². The summed E-state index contributed by atoms with van der Waals surface area (Å²) in [6, 6.07) is 5.43. The van der Waals surface area contributed by atoms with Crippen LogP contribution < -0.4 is 15.4 Å². The quantitative estimate of drug-likeness (QED) is 0.631. The van der Waals surface area contributed by atoms with E-state index >= 15 is 0 Å². The fourth-order valence-corrected chi connectivity index (χ4v) is 2.25. The number of likely N-dealkylation sites (N-methyl/N-ethyl adjacent to an activating group) is 1. The number of carbonyl (C=O) groups is 1. The molecule has 2 N–H and O–H groups in total. The molecular formula is C17H28ClN3O3. The standard InChI is InChI=1S/C17H28ClN3O3/c1-5-13(2)21(3)10-9-19-17(22)20-15-8-6-7-14(18)16(15)24-12-11-23-4/h6-8,13H,5,9-12H2,1-4H3,(H2,19,20,22). The van der Waals surface area contributed by atoms with Crippen LogP contribution in [-0.4, -0.2) is 57.4 Å². The van der Waals surface area contributed by atoms with E-state index in [1.165, 1.54) is 0 Å². The molecule has 136 valence electrons. The minimum absolute atomic E-state index is 0.286. The average Bonchev–Trinajstić information content (AvgIpc) is 2.56. The Morgan fingerprint density at radius 1 is 1.38 bits per heavy atom. The van der Waals surface area contributed by atoms with Gasteiger partial charge in [-0.25, -0.2) is 4.79 Å². The summed E-state index contributed by atoms with van der Waals surface area (Å²) in [5.74, 6) is 0.447. The summed E-state index contributed by atoms with van der Waals surface area (Å²) >= 11 is 6.14. The van der Waals surface area contributed by atoms with Crippen LogP contribution in [0.2, 0.25) is 5.02 Å². The Balaban J connectivity index is 2.53. The largest absolute Gasteiger partial charge is 0.487 e. The van der Waals surface area contributed by atoms with Crippen LogP contribution in [0.5, 0.6) is 5.75 Å². The fourth-order valence-electron chi connectivity index (χ4n) is 2.03. The van der Waals surface area contributed by atoms with Crippen molar-refractivity contribution in [3.8, 4) is 5.75 Å². The Bertz CT molecular complexity index is 514. The van der Waals surface area contributed by atoms with Gasteiger partial charge in [0, 0.05) is 26.2 Å². The molecular weight excluding hydrogens is 330 g/mol. The molecule has 0 aromatic heterocycles. The molecule has 1 rings (SSSR count). The number of benzene rings is 1. The van der Waals surface area contributed by atoms with E-state index in [0.29, 0.717) is 42.3 Å². The second kappa shape index (κ2) is 11.1. The zero-order valence-electron chi connectivity index (χ0n) is 14.9. The maximum atomic E-state index is 12.1. The molecule has 0 bridgehead atoms. The molecule has 0 aliphatic heterocycles. The van der Waals surface area contributed by atoms with Gasteiger partial charge in [0.15, 0.2) is 5.75 Å². The lowest BCUT2D eigenvalue weighted by atomic mass is 10.2. The monoisotopic (exact) mass is 357 g/mol. The molecule has 1 aromatic carbocycles. The number of carbonyl (C=O) groups excluding carboxylic acids is 1. The molecule has 0 fully saturated rings. The first-order valence-electron chi connectivity index (χ1n) is 8.14. The number of halogens is 1. The van der Waals surface area contributed by atoms with E-state index in [1.54, 1.807) is 25.3 Å². The van der Waals surface area contributed by atoms with Crippen LogP contribution >= 0.6 is 11.6 Å². The predicted octanol–water partition coefficient (Wildman–Crippen LogP) is 3.22. The lowest BCUT2D eigenvalue weighted by Crippen LogP contribution is -2.38. The number of urea groups is 1. The van der Waals surface area contributed by atoms with Gasteiger partial charge in [0.25, 0.3) is 0 Å². The molecule has 0 aliphatic carbocycles. The van der Waals surface area contributed by atoms with E-state index in [9.17, 15) is 4.79 Å². The summed E-state index contributed by atoms with van der Waals surface area (Å²) in [6.07, 6.45) is 1.08. The van der Waals surface area contributed by atoms with Crippen molar-refractivity contribution >= 4 is 23.3 Å². The van der Waals surface area contributed by atoms with E-state index < -0.39 is 0 Å². The molecule has 2 amide bonds. The van der Waals surface area contributed by atoms with E-state index in [4.69, 9.17) is 21.1 Å². The number of anilines is 1. The molecule has 7 heteroatoms. The predicted molar refractivity (Wildman–Crippen MR) is 98.2 cm³/mol. The Labute approximate surface area is 149 Å². The summed E-state index contributed by atoms with van der Waals surface area (Å²) < 4.78 is 10.5. The molecule has 0 aliphatic rings. The van der Waals surface area contributed by atoms with Gasteiger partial charge in [-0.2, -0.15) is 0 Å². The van der Waals surface area contributed by atoms with Crippen LogP contribution in [0, 0.1) is 0 Å². The number of para-hydroxylation sites is 1. The van der Waals surface area contributed by atoms with Crippen LogP contribution in [0.15, 0.2) is 18.2 Å². The van der Waals surface area contributed by atoms with E-state index in [1.807, 2.05) is 7.05 Å². The molecule has 24 heavy (non-hydrogen) atoms. The maximum absolute atomic E-state index is 12.1. The normalized spacial score (nSPS) is 12.1. The van der Waals surface area contributed by atoms with Crippen LogP contribution in [0.1, 0.15) is 20.3 Å². The highest BCUT2D eigenvalue weighted by molar-refractivity contribution is 6.32. The summed E-state index contributed by atoms with van der Waals surface area (Å²) in [5, 5.41) is 6.06. The molecule has 1 unspecified atom stereocenters. The zero-order chi connectivity index (χ0) is 17.9. The third-order valence-electron chi connectivity index (χ3n) is 3.84. The third-order valence-corrected chi connectivity index (χ3v) is 4.14. The Kier molecular flexibility index (Phi) is 9.52. The number of nitrogens with one attached hydrogen (secondary N) is 2. The second-order valence-corrected chi connectivity index (χ2v) is 5.98. The highest BCUT2D eigenvalue weighted by atomic mass is 35.5. The van der Waals surface area contributed by atoms with E-state index in [2.05, 4.69) is 29.4 Å². The summed E-state index contributed by atoms with van der Waals surface area (Å²) in [5.41, 5.74) is 0.534. The zero-order valence-corrected chi connectivity index (χ0v) is 15.7. The fraction of sp³-hybridized carbons (Fsp3) is 0.588. The van der Waals surface area contributed by atoms with Gasteiger partial charge in [-0.15, -0.1) is 0 Å². The smallest absolute Gasteiger partial charge is 0.319 e. The van der Waals surface area contributed by atoms with Gasteiger partial charge in [-0.1, -0.05) is 24.6 Å². The number of hydrogen-bond donors (Lipinski definition) is 2. The molecule has 1 atom stereocenters. The first-order valence-corrected chi connectivity index (χ1v) is 8.52. The van der Waals surface area contributed by atoms with Crippen LogP contribution in [0.3, 0.4) is 0 Å². The number of nitrogens with zero attached hydrogens (tertiary/aromatic N) is 1. The molecule has 0 heterocycles. The maximum Gasteiger partial charge on any atom is 0.319 e. The number of rotatable bonds is 10. The highest BCUT2D eigenvalue weighted by Gasteiger charge is 2.12. The first kappa shape index (κ1) is 20.5. The molecule has 0 radical (unpaired) electrons. The van der Waals surface area contributed by atoms with Crippen molar-refractivity contribution in [1.82, 2.24) is 10.2 Å². The van der Waals surface area contributed by atoms with Crippen molar-refractivity contribution in [2.24, 2.45) is 0 Å². The van der Waals surface area contributed by atoms with Crippen molar-refractivity contribution < 1.29 is 14.3 Å². The van der Waals surface area contributed by atoms with Gasteiger partial charge in [0.2, 0.25) is 0 Å². The van der Waals surface area contributed by atoms with Crippen molar-refractivity contribution in [3.63, 3.8) is 0 Å². The summed E-state index contributed by atoms with van der Waals surface area (Å²) in [6.45, 7) is 6.46. The van der Waals surface area contributed by atoms with Crippen molar-refractivity contribution in [2.45, 2.75) is 26.3 Å². The number of hydrogen-bond acceptors (Lipinski definition) is 4. The average molecular weight is 358 g/mol. The van der Waals surface area contributed by atoms with Gasteiger partial charge < -0.3 is 25.0 Å². The summed E-state index contributed by atoms with van der Waals surface area (Å²) in [7, 11) is 3.64. The van der Waals surface area contributed by atoms with Crippen LogP contribution in [0.25, 0.3) is 0 Å². The molecule has 0 spiro atoms. The van der Waals surface area contributed by atoms with Gasteiger partial charge in [0.1, 0.15) is 6.61 Å². The molecule has 0 saturated carbocycles. The lowest BCUT2D eigenvalue weighted by Gasteiger charge is -2.23. The Morgan fingerprint density at radius 2 is 2.12 bits per heavy atom. The van der Waals surface area contributed by atoms with E-state index in [-0.39, 0.29) is 6.03 Å². The second-order valence-electron chi connectivity index (χ2n) is 5.58. The number of methoxy groups -OCH3 is 1. The van der Waals surface area contributed by atoms with Gasteiger partial charge in [-0.05, 0) is 32.5 Å². The summed E-state index contributed by atoms with van der Waals surface area (Å²) in [4.78, 5) is 14.3. The minimum Gasteiger partial charge on any atom is -0.487 e. The Morgan fingerprint density at radius 3 is 2.79 bits per heavy atom. The Hall–Kier alpha value is -1.50. The number of amides is 2. The van der Waals surface area contributed by atoms with Crippen molar-refractivity contribution in [3.05, 3.63) is 23.2 Å². The topological polar surface area (TPSA) is 62.8 Å². The van der Waals surface area contributed by atoms with Crippen molar-refractivity contribution in [2.75, 3.05) is 45.8 Å². The van der Waals surface area contributed by atoms with E-state index in [0.717, 1.165) is 13.0 Å². The number of ether oxygens (including phenoxy) is 2. The van der Waals surface area contributed by atoms with Gasteiger partial charge >= 0.3 is 6.03 Å². The molecule has 6 nitrogen and oxygen atoms in total. The van der Waals surface area contributed by atoms with Gasteiger partial charge in [-0.3, -0.25) is 0 Å². The third kappa shape index (κ3) is 6.95. The molecule has 0 saturated heterocycles. The molecule has 1 aromatic rings. The lowest BCUT2D eigenvalue weighted by molar-refractivity contribution is 0.146. The highest BCUT2D eigenvalue weighted by Crippen LogP contribution is 2.32. The van der Waals surface area contributed by atoms with Crippen molar-refractivity contribution in [1.29, 1.82) is 0 Å².